The third kappa shape index (κ3) is 3.00. The number of carbonyl (C=O) groups is 1. The molecule has 0 atom stereocenters. The maximum Gasteiger partial charge on any atom is 0.261 e. The van der Waals surface area contributed by atoms with E-state index in [0.29, 0.717) is 16.0 Å². The summed E-state index contributed by atoms with van der Waals surface area (Å²) in [6.07, 6.45) is 1.41. The summed E-state index contributed by atoms with van der Waals surface area (Å²) >= 11 is 1.42. The molecule has 0 spiro atoms. The van der Waals surface area contributed by atoms with Gasteiger partial charge in [0.15, 0.2) is 5.13 Å². The van der Waals surface area contributed by atoms with Gasteiger partial charge in [-0.25, -0.2) is 9.97 Å². The number of thiazole rings is 1. The number of hydrogen-bond acceptors (Lipinski definition) is 5. The normalized spacial score (nSPS) is 10.9. The second-order valence-electron chi connectivity index (χ2n) is 5.36. The first kappa shape index (κ1) is 15.4. The maximum absolute atomic E-state index is 12.5. The van der Waals surface area contributed by atoms with Crippen molar-refractivity contribution in [2.24, 2.45) is 0 Å². The molecular weight excluding hydrogens is 312 g/mol. The molecule has 23 heavy (non-hydrogen) atoms. The van der Waals surface area contributed by atoms with Crippen molar-refractivity contribution >= 4 is 33.3 Å². The number of nitrogens with one attached hydrogen (secondary N) is 1. The Bertz CT molecular complexity index is 939. The van der Waals surface area contributed by atoms with Gasteiger partial charge in [0.25, 0.3) is 5.56 Å². The van der Waals surface area contributed by atoms with E-state index in [0.717, 1.165) is 16.1 Å². The van der Waals surface area contributed by atoms with Gasteiger partial charge >= 0.3 is 0 Å². The molecule has 6 nitrogen and oxygen atoms in total. The second-order valence-corrected chi connectivity index (χ2v) is 6.56. The number of para-hydroxylation sites is 1. The fraction of sp³-hybridized carbons (Fsp3) is 0.250. The Morgan fingerprint density at radius 2 is 2.09 bits per heavy atom. The van der Waals surface area contributed by atoms with E-state index in [1.54, 1.807) is 6.07 Å². The average molecular weight is 328 g/mol. The Morgan fingerprint density at radius 3 is 2.78 bits per heavy atom. The zero-order valence-corrected chi connectivity index (χ0v) is 13.9. The molecule has 3 rings (SSSR count). The second kappa shape index (κ2) is 5.92. The Labute approximate surface area is 136 Å². The van der Waals surface area contributed by atoms with E-state index in [1.165, 1.54) is 22.2 Å². The molecule has 118 valence electrons. The highest BCUT2D eigenvalue weighted by Crippen LogP contribution is 2.20. The molecule has 2 aromatic heterocycles. The summed E-state index contributed by atoms with van der Waals surface area (Å²) in [4.78, 5) is 34.2. The lowest BCUT2D eigenvalue weighted by atomic mass is 10.1. The van der Waals surface area contributed by atoms with E-state index in [-0.39, 0.29) is 18.0 Å². The minimum Gasteiger partial charge on any atom is -0.300 e. The molecule has 0 saturated heterocycles. The van der Waals surface area contributed by atoms with Crippen LogP contribution in [0.4, 0.5) is 5.13 Å². The molecule has 0 aliphatic rings. The number of fused-ring (bicyclic) bond motifs is 1. The maximum atomic E-state index is 12.5. The molecule has 2 heterocycles. The smallest absolute Gasteiger partial charge is 0.261 e. The Hall–Kier alpha value is -2.54. The number of nitrogens with zero attached hydrogens (tertiary/aromatic N) is 3. The van der Waals surface area contributed by atoms with Crippen LogP contribution in [0.1, 0.15) is 16.1 Å². The molecule has 1 aromatic carbocycles. The molecule has 0 fully saturated rings. The molecule has 1 amide bonds. The monoisotopic (exact) mass is 328 g/mol. The van der Waals surface area contributed by atoms with Gasteiger partial charge in [-0.1, -0.05) is 12.1 Å². The summed E-state index contributed by atoms with van der Waals surface area (Å²) in [5.74, 6) is -0.297. The summed E-state index contributed by atoms with van der Waals surface area (Å²) in [5, 5.41) is 3.78. The largest absolute Gasteiger partial charge is 0.300 e. The average Bonchev–Trinajstić information content (AvgIpc) is 2.80. The lowest BCUT2D eigenvalue weighted by Crippen LogP contribution is -2.28. The summed E-state index contributed by atoms with van der Waals surface area (Å²) in [6.45, 7) is 5.65. The fourth-order valence-electron chi connectivity index (χ4n) is 2.29. The molecule has 0 aliphatic carbocycles. The van der Waals surface area contributed by atoms with Gasteiger partial charge in [-0.15, -0.1) is 11.3 Å². The van der Waals surface area contributed by atoms with Crippen LogP contribution >= 0.6 is 11.3 Å². The molecular formula is C16H16N4O2S. The van der Waals surface area contributed by atoms with Crippen LogP contribution in [0.5, 0.6) is 0 Å². The van der Waals surface area contributed by atoms with Crippen molar-refractivity contribution < 1.29 is 4.79 Å². The van der Waals surface area contributed by atoms with Crippen LogP contribution in [0.2, 0.25) is 0 Å². The van der Waals surface area contributed by atoms with E-state index in [4.69, 9.17) is 0 Å². The zero-order valence-electron chi connectivity index (χ0n) is 13.1. The third-order valence-corrected chi connectivity index (χ3v) is 4.63. The number of amides is 1. The number of rotatable bonds is 3. The van der Waals surface area contributed by atoms with Gasteiger partial charge < -0.3 is 5.32 Å². The predicted octanol–water partition coefficient (Wildman–Crippen LogP) is 2.42. The topological polar surface area (TPSA) is 76.9 Å². The van der Waals surface area contributed by atoms with E-state index < -0.39 is 0 Å². The van der Waals surface area contributed by atoms with E-state index >= 15 is 0 Å². The Morgan fingerprint density at radius 1 is 1.30 bits per heavy atom. The number of anilines is 1. The van der Waals surface area contributed by atoms with Crippen LogP contribution in [0.25, 0.3) is 10.9 Å². The van der Waals surface area contributed by atoms with E-state index in [9.17, 15) is 9.59 Å². The highest BCUT2D eigenvalue weighted by Gasteiger charge is 2.11. The molecule has 1 N–H and O–H groups in total. The van der Waals surface area contributed by atoms with Crippen molar-refractivity contribution in [2.45, 2.75) is 27.3 Å². The third-order valence-electron chi connectivity index (χ3n) is 3.64. The first-order valence-electron chi connectivity index (χ1n) is 7.14. The SMILES string of the molecule is Cc1nc(NC(=O)Cn2cnc3c(C)cccc3c2=O)sc1C. The predicted molar refractivity (Wildman–Crippen MR) is 91.0 cm³/mol. The van der Waals surface area contributed by atoms with Crippen LogP contribution in [-0.2, 0) is 11.3 Å². The lowest BCUT2D eigenvalue weighted by molar-refractivity contribution is -0.116. The van der Waals surface area contributed by atoms with Crippen molar-refractivity contribution in [1.29, 1.82) is 0 Å². The highest BCUT2D eigenvalue weighted by atomic mass is 32.1. The first-order chi connectivity index (χ1) is 11.0. The van der Waals surface area contributed by atoms with Crippen LogP contribution in [0, 0.1) is 20.8 Å². The van der Waals surface area contributed by atoms with Gasteiger partial charge in [0, 0.05) is 4.88 Å². The molecule has 3 aromatic rings. The van der Waals surface area contributed by atoms with Gasteiger partial charge in [0.05, 0.1) is 22.9 Å². The van der Waals surface area contributed by atoms with Gasteiger partial charge in [-0.05, 0) is 32.4 Å². The highest BCUT2D eigenvalue weighted by molar-refractivity contribution is 7.15. The Balaban J connectivity index is 1.85. The van der Waals surface area contributed by atoms with Crippen LogP contribution in [-0.4, -0.2) is 20.4 Å². The van der Waals surface area contributed by atoms with Crippen molar-refractivity contribution in [2.75, 3.05) is 5.32 Å². The summed E-state index contributed by atoms with van der Waals surface area (Å²) in [5.41, 5.74) is 2.27. The minimum atomic E-state index is -0.297. The lowest BCUT2D eigenvalue weighted by Gasteiger charge is -2.07. The van der Waals surface area contributed by atoms with E-state index in [1.807, 2.05) is 32.9 Å². The molecule has 0 aliphatic heterocycles. The molecule has 0 bridgehead atoms. The van der Waals surface area contributed by atoms with Crippen LogP contribution in [0.15, 0.2) is 29.3 Å². The van der Waals surface area contributed by atoms with Gasteiger partial charge in [0.1, 0.15) is 6.54 Å². The first-order valence-corrected chi connectivity index (χ1v) is 7.96. The van der Waals surface area contributed by atoms with Crippen LogP contribution in [0.3, 0.4) is 0 Å². The molecule has 0 unspecified atom stereocenters. The van der Waals surface area contributed by atoms with Crippen molar-refractivity contribution in [3.63, 3.8) is 0 Å². The minimum absolute atomic E-state index is 0.0899. The number of carbonyl (C=O) groups excluding carboxylic acids is 1. The van der Waals surface area contributed by atoms with Crippen LogP contribution < -0.4 is 10.9 Å². The van der Waals surface area contributed by atoms with Crippen molar-refractivity contribution in [3.05, 3.63) is 51.0 Å². The van der Waals surface area contributed by atoms with Crippen molar-refractivity contribution in [1.82, 2.24) is 14.5 Å². The summed E-state index contributed by atoms with van der Waals surface area (Å²) in [6, 6.07) is 5.44. The zero-order chi connectivity index (χ0) is 16.6. The fourth-order valence-corrected chi connectivity index (χ4v) is 3.12. The molecule has 0 radical (unpaired) electrons. The quantitative estimate of drug-likeness (QED) is 0.801. The molecule has 7 heteroatoms. The van der Waals surface area contributed by atoms with Gasteiger partial charge in [-0.2, -0.15) is 0 Å². The number of aryl methyl sites for hydroxylation is 3. The van der Waals surface area contributed by atoms with E-state index in [2.05, 4.69) is 15.3 Å². The number of aromatic nitrogens is 3. The summed E-state index contributed by atoms with van der Waals surface area (Å²) in [7, 11) is 0. The Kier molecular flexibility index (Phi) is 3.96. The molecule has 0 saturated carbocycles. The van der Waals surface area contributed by atoms with Gasteiger partial charge in [0.2, 0.25) is 5.91 Å². The number of benzene rings is 1. The van der Waals surface area contributed by atoms with Gasteiger partial charge in [-0.3, -0.25) is 14.2 Å². The summed E-state index contributed by atoms with van der Waals surface area (Å²) < 4.78 is 1.31. The van der Waals surface area contributed by atoms with Crippen molar-refractivity contribution in [3.8, 4) is 0 Å². The standard InChI is InChI=1S/C16H16N4O2S/c1-9-5-4-6-12-14(9)17-8-20(15(12)22)7-13(21)19-16-18-10(2)11(3)23-16/h4-6,8H,7H2,1-3H3,(H,18,19,21). The number of hydrogen-bond donors (Lipinski definition) is 1.